The summed E-state index contributed by atoms with van der Waals surface area (Å²) < 4.78 is 0. The summed E-state index contributed by atoms with van der Waals surface area (Å²) in [6, 6.07) is -5.11. The number of carbonyl (C=O) groups excluding carboxylic acids is 4. The Hall–Kier alpha value is -3.92. The summed E-state index contributed by atoms with van der Waals surface area (Å²) in [7, 11) is 0. The van der Waals surface area contributed by atoms with Gasteiger partial charge in [-0.3, -0.25) is 19.2 Å². The Bertz CT molecular complexity index is 1010. The number of carboxylic acids is 1. The Morgan fingerprint density at radius 3 is 1.89 bits per heavy atom. The van der Waals surface area contributed by atoms with Crippen LogP contribution in [0.15, 0.2) is 25.0 Å². The first kappa shape index (κ1) is 27.3. The normalized spacial score (nSPS) is 14.2. The molecule has 0 fully saturated rings. The molecule has 16 heteroatoms. The van der Waals surface area contributed by atoms with Gasteiger partial charge in [0, 0.05) is 42.4 Å². The van der Waals surface area contributed by atoms with Crippen LogP contribution < -0.4 is 27.4 Å². The monoisotopic (exact) mass is 509 g/mol. The quantitative estimate of drug-likeness (QED) is 0.115. The van der Waals surface area contributed by atoms with Gasteiger partial charge in [0.15, 0.2) is 0 Å². The van der Waals surface area contributed by atoms with Crippen LogP contribution in [0.25, 0.3) is 0 Å². The summed E-state index contributed by atoms with van der Waals surface area (Å²) in [6.45, 7) is 0. The third-order valence-electron chi connectivity index (χ3n) is 4.78. The van der Waals surface area contributed by atoms with Crippen molar-refractivity contribution in [2.45, 2.75) is 43.4 Å². The van der Waals surface area contributed by atoms with Crippen LogP contribution in [0.3, 0.4) is 0 Å². The van der Waals surface area contributed by atoms with E-state index in [-0.39, 0.29) is 18.6 Å². The van der Waals surface area contributed by atoms with E-state index in [0.29, 0.717) is 11.4 Å². The van der Waals surface area contributed by atoms with Crippen LogP contribution in [0.1, 0.15) is 17.8 Å². The van der Waals surface area contributed by atoms with E-state index >= 15 is 0 Å². The van der Waals surface area contributed by atoms with E-state index < -0.39 is 60.2 Å². The van der Waals surface area contributed by atoms with Gasteiger partial charge in [-0.15, -0.1) is 0 Å². The van der Waals surface area contributed by atoms with E-state index in [9.17, 15) is 24.0 Å². The van der Waals surface area contributed by atoms with Crippen molar-refractivity contribution in [1.82, 2.24) is 35.9 Å². The van der Waals surface area contributed by atoms with Gasteiger partial charge in [0.1, 0.15) is 18.1 Å². The predicted octanol–water partition coefficient (Wildman–Crippen LogP) is -3.41. The number of carbonyl (C=O) groups is 5. The van der Waals surface area contributed by atoms with Crippen molar-refractivity contribution >= 4 is 42.2 Å². The fourth-order valence-corrected chi connectivity index (χ4v) is 3.22. The number of nitrogens with two attached hydrogens (primary N) is 2. The molecule has 0 saturated carbocycles. The molecular formula is C19H27N9O6S. The Morgan fingerprint density at radius 2 is 1.40 bits per heavy atom. The highest BCUT2D eigenvalue weighted by atomic mass is 32.1. The zero-order chi connectivity index (χ0) is 26.0. The van der Waals surface area contributed by atoms with Crippen LogP contribution in [0, 0.1) is 0 Å². The number of aliphatic carboxylic acids is 1. The topological polar surface area (TPSA) is 251 Å². The maximum atomic E-state index is 13.0. The molecule has 10 N–H and O–H groups in total. The third kappa shape index (κ3) is 8.74. The number of aromatic amines is 2. The number of hydrogen-bond acceptors (Lipinski definition) is 9. The molecule has 2 rings (SSSR count). The maximum absolute atomic E-state index is 13.0. The van der Waals surface area contributed by atoms with Crippen molar-refractivity contribution < 1.29 is 29.1 Å². The molecule has 4 atom stereocenters. The number of H-pyrrole nitrogens is 2. The number of amides is 4. The number of carboxylic acid groups (broad SMARTS) is 1. The second-order valence-corrected chi connectivity index (χ2v) is 7.91. The molecule has 15 nitrogen and oxygen atoms in total. The average Bonchev–Trinajstić information content (AvgIpc) is 3.50. The largest absolute Gasteiger partial charge is 0.480 e. The zero-order valence-electron chi connectivity index (χ0n) is 18.4. The van der Waals surface area contributed by atoms with E-state index in [2.05, 4.69) is 48.5 Å². The van der Waals surface area contributed by atoms with Gasteiger partial charge in [-0.25, -0.2) is 14.8 Å². The first-order chi connectivity index (χ1) is 16.6. The number of aromatic nitrogens is 4. The minimum Gasteiger partial charge on any atom is -0.480 e. The van der Waals surface area contributed by atoms with Gasteiger partial charge >= 0.3 is 5.97 Å². The Balaban J connectivity index is 2.15. The van der Waals surface area contributed by atoms with E-state index in [1.807, 2.05) is 0 Å². The van der Waals surface area contributed by atoms with E-state index in [1.165, 1.54) is 25.0 Å². The SMILES string of the molecule is NC(=O)CC(NC(=O)C(Cc1cnc[nH]1)NC(=O)C(N)Cc1cnc[nH]1)C(=O)NC(CS)C(=O)O. The fourth-order valence-electron chi connectivity index (χ4n) is 2.97. The molecule has 0 radical (unpaired) electrons. The molecule has 0 aromatic carbocycles. The molecule has 2 aromatic rings. The van der Waals surface area contributed by atoms with Gasteiger partial charge in [-0.1, -0.05) is 0 Å². The van der Waals surface area contributed by atoms with Crippen LogP contribution in [0.4, 0.5) is 0 Å². The van der Waals surface area contributed by atoms with Crippen LogP contribution >= 0.6 is 12.6 Å². The van der Waals surface area contributed by atoms with Crippen molar-refractivity contribution in [2.24, 2.45) is 11.5 Å². The van der Waals surface area contributed by atoms with Gasteiger partial charge in [0.25, 0.3) is 0 Å². The van der Waals surface area contributed by atoms with Gasteiger partial charge in [0.05, 0.1) is 25.1 Å². The minimum atomic E-state index is -1.50. The van der Waals surface area contributed by atoms with Gasteiger partial charge in [-0.2, -0.15) is 12.6 Å². The third-order valence-corrected chi connectivity index (χ3v) is 5.14. The molecule has 0 bridgehead atoms. The van der Waals surface area contributed by atoms with Crippen molar-refractivity contribution in [3.63, 3.8) is 0 Å². The number of nitrogens with zero attached hydrogens (tertiary/aromatic N) is 2. The van der Waals surface area contributed by atoms with E-state index in [1.54, 1.807) is 0 Å². The summed E-state index contributed by atoms with van der Waals surface area (Å²) in [6.07, 6.45) is 5.22. The number of imidazole rings is 2. The van der Waals surface area contributed by atoms with Gasteiger partial charge in [0.2, 0.25) is 23.6 Å². The molecule has 0 saturated heterocycles. The summed E-state index contributed by atoms with van der Waals surface area (Å²) in [5.41, 5.74) is 12.2. The van der Waals surface area contributed by atoms with E-state index in [0.717, 1.165) is 0 Å². The summed E-state index contributed by atoms with van der Waals surface area (Å²) in [4.78, 5) is 74.3. The second-order valence-electron chi connectivity index (χ2n) is 7.54. The number of hydrogen-bond donors (Lipinski definition) is 9. The first-order valence-electron chi connectivity index (χ1n) is 10.3. The lowest BCUT2D eigenvalue weighted by molar-refractivity contribution is -0.141. The number of nitrogens with one attached hydrogen (secondary N) is 5. The Kier molecular flexibility index (Phi) is 10.2. The highest BCUT2D eigenvalue weighted by Gasteiger charge is 2.31. The summed E-state index contributed by atoms with van der Waals surface area (Å²) in [5.74, 6) is -4.95. The summed E-state index contributed by atoms with van der Waals surface area (Å²) in [5, 5.41) is 16.2. The van der Waals surface area contributed by atoms with Crippen LogP contribution in [0.2, 0.25) is 0 Å². The number of rotatable bonds is 14. The number of thiol groups is 1. The molecule has 4 unspecified atom stereocenters. The molecule has 0 aliphatic heterocycles. The molecule has 0 aliphatic rings. The van der Waals surface area contributed by atoms with E-state index in [4.69, 9.17) is 16.6 Å². The molecule has 4 amide bonds. The molecule has 35 heavy (non-hydrogen) atoms. The molecule has 190 valence electrons. The number of primary amides is 1. The van der Waals surface area contributed by atoms with Gasteiger partial charge < -0.3 is 42.5 Å². The lowest BCUT2D eigenvalue weighted by Gasteiger charge is -2.24. The van der Waals surface area contributed by atoms with Crippen LogP contribution in [-0.4, -0.2) is 84.6 Å². The smallest absolute Gasteiger partial charge is 0.327 e. The molecule has 0 spiro atoms. The first-order valence-corrected chi connectivity index (χ1v) is 11.0. The molecule has 0 aliphatic carbocycles. The maximum Gasteiger partial charge on any atom is 0.327 e. The van der Waals surface area contributed by atoms with Gasteiger partial charge in [-0.05, 0) is 0 Å². The zero-order valence-corrected chi connectivity index (χ0v) is 19.3. The lowest BCUT2D eigenvalue weighted by atomic mass is 10.1. The van der Waals surface area contributed by atoms with Crippen molar-refractivity contribution in [3.8, 4) is 0 Å². The van der Waals surface area contributed by atoms with Crippen LogP contribution in [0.5, 0.6) is 0 Å². The predicted molar refractivity (Wildman–Crippen MR) is 124 cm³/mol. The fraction of sp³-hybridized carbons (Fsp3) is 0.421. The average molecular weight is 510 g/mol. The minimum absolute atomic E-state index is 0.0480. The van der Waals surface area contributed by atoms with Crippen molar-refractivity contribution in [2.75, 3.05) is 5.75 Å². The van der Waals surface area contributed by atoms with Crippen LogP contribution in [-0.2, 0) is 36.8 Å². The Morgan fingerprint density at radius 1 is 0.886 bits per heavy atom. The standard InChI is InChI=1S/C19H27N9O6S/c20-11(1-9-4-22-7-24-9)16(30)26-12(2-10-5-23-8-25-10)17(31)27-13(3-15(21)29)18(32)28-14(6-35)19(33)34/h4-5,7-8,11-14,35H,1-3,6,20H2,(H2,21,29)(H,22,24)(H,23,25)(H,26,30)(H,27,31)(H,28,32)(H,33,34). The Labute approximate surface area is 204 Å². The molecule has 2 aromatic heterocycles. The van der Waals surface area contributed by atoms with Crippen molar-refractivity contribution in [3.05, 3.63) is 36.4 Å². The molecular weight excluding hydrogens is 482 g/mol. The highest BCUT2D eigenvalue weighted by molar-refractivity contribution is 7.80. The highest BCUT2D eigenvalue weighted by Crippen LogP contribution is 2.04. The van der Waals surface area contributed by atoms with Crippen molar-refractivity contribution in [1.29, 1.82) is 0 Å². The summed E-state index contributed by atoms with van der Waals surface area (Å²) >= 11 is 3.86. The molecule has 2 heterocycles. The second kappa shape index (κ2) is 13.1. The lowest BCUT2D eigenvalue weighted by Crippen LogP contribution is -2.58.